The van der Waals surface area contributed by atoms with Gasteiger partial charge in [-0.05, 0) is 24.6 Å². The van der Waals surface area contributed by atoms with Gasteiger partial charge in [-0.25, -0.2) is 9.78 Å². The Labute approximate surface area is 169 Å². The topological polar surface area (TPSA) is 69.9 Å². The van der Waals surface area contributed by atoms with Crippen LogP contribution in [0.1, 0.15) is 21.8 Å². The number of urea groups is 1. The van der Waals surface area contributed by atoms with Gasteiger partial charge >= 0.3 is 6.03 Å². The highest BCUT2D eigenvalue weighted by atomic mass is 16.3. The summed E-state index contributed by atoms with van der Waals surface area (Å²) in [6.45, 7) is 4.42. The van der Waals surface area contributed by atoms with Crippen LogP contribution in [0.3, 0.4) is 0 Å². The normalized spacial score (nSPS) is 14.3. The highest BCUT2D eigenvalue weighted by Crippen LogP contribution is 2.20. The van der Waals surface area contributed by atoms with E-state index in [4.69, 9.17) is 4.42 Å². The summed E-state index contributed by atoms with van der Waals surface area (Å²) in [6.07, 6.45) is 0. The summed E-state index contributed by atoms with van der Waals surface area (Å²) in [5, 5.41) is 0. The third-order valence-corrected chi connectivity index (χ3v) is 5.15. The molecule has 29 heavy (non-hydrogen) atoms. The molecule has 0 bridgehead atoms. The Morgan fingerprint density at radius 2 is 1.72 bits per heavy atom. The maximum atomic E-state index is 12.8. The monoisotopic (exact) mass is 392 g/mol. The maximum absolute atomic E-state index is 12.8. The molecular formula is C22H24N4O3. The molecule has 0 unspecified atom stereocenters. The van der Waals surface area contributed by atoms with Gasteiger partial charge in [0, 0.05) is 51.5 Å². The lowest BCUT2D eigenvalue weighted by atomic mass is 10.2. The molecule has 0 radical (unpaired) electrons. The second-order valence-corrected chi connectivity index (χ2v) is 7.35. The molecular weight excluding hydrogens is 368 g/mol. The quantitative estimate of drug-likeness (QED) is 0.687. The standard InChI is InChI=1S/C22H24N4O3/c1-16-8-9-19-18(23-16)14-20(29-19)21(27)25-10-12-26(13-11-25)22(28)24(2)15-17-6-4-3-5-7-17/h3-9,14H,10-13,15H2,1-2H3. The fourth-order valence-corrected chi connectivity index (χ4v) is 3.55. The molecule has 1 saturated heterocycles. The van der Waals surface area contributed by atoms with Crippen LogP contribution in [0.15, 0.2) is 52.9 Å². The maximum Gasteiger partial charge on any atom is 0.320 e. The third-order valence-electron chi connectivity index (χ3n) is 5.15. The molecule has 1 aliphatic heterocycles. The van der Waals surface area contributed by atoms with Crippen LogP contribution in [0.25, 0.3) is 11.1 Å². The summed E-state index contributed by atoms with van der Waals surface area (Å²) in [4.78, 5) is 35.1. The first-order valence-electron chi connectivity index (χ1n) is 9.72. The molecule has 1 fully saturated rings. The molecule has 7 heteroatoms. The van der Waals surface area contributed by atoms with Crippen molar-refractivity contribution in [2.75, 3.05) is 33.2 Å². The van der Waals surface area contributed by atoms with Crippen LogP contribution >= 0.6 is 0 Å². The first-order chi connectivity index (χ1) is 14.0. The minimum absolute atomic E-state index is 0.0237. The number of benzene rings is 1. The van der Waals surface area contributed by atoms with Crippen LogP contribution in [0.2, 0.25) is 0 Å². The fourth-order valence-electron chi connectivity index (χ4n) is 3.55. The predicted octanol–water partition coefficient (Wildman–Crippen LogP) is 3.15. The number of hydrogen-bond acceptors (Lipinski definition) is 4. The smallest absolute Gasteiger partial charge is 0.320 e. The van der Waals surface area contributed by atoms with Crippen molar-refractivity contribution in [2.24, 2.45) is 0 Å². The number of amides is 3. The van der Waals surface area contributed by atoms with Crippen molar-refractivity contribution >= 4 is 23.0 Å². The second kappa shape index (κ2) is 7.95. The lowest BCUT2D eigenvalue weighted by Gasteiger charge is -2.36. The van der Waals surface area contributed by atoms with Gasteiger partial charge in [-0.2, -0.15) is 0 Å². The van der Waals surface area contributed by atoms with E-state index in [0.29, 0.717) is 49.6 Å². The number of piperazine rings is 1. The van der Waals surface area contributed by atoms with Crippen LogP contribution in [-0.2, 0) is 6.54 Å². The Bertz CT molecular complexity index is 1020. The fraction of sp³-hybridized carbons (Fsp3) is 0.318. The Morgan fingerprint density at radius 3 is 2.45 bits per heavy atom. The van der Waals surface area contributed by atoms with Gasteiger partial charge in [0.25, 0.3) is 5.91 Å². The van der Waals surface area contributed by atoms with Crippen LogP contribution in [0.4, 0.5) is 4.79 Å². The first-order valence-corrected chi connectivity index (χ1v) is 9.72. The summed E-state index contributed by atoms with van der Waals surface area (Å²) in [5.41, 5.74) is 3.26. The summed E-state index contributed by atoms with van der Waals surface area (Å²) < 4.78 is 5.67. The molecule has 0 spiro atoms. The summed E-state index contributed by atoms with van der Waals surface area (Å²) >= 11 is 0. The highest BCUT2D eigenvalue weighted by Gasteiger charge is 2.28. The van der Waals surface area contributed by atoms with Gasteiger partial charge in [-0.3, -0.25) is 4.79 Å². The van der Waals surface area contributed by atoms with Gasteiger partial charge in [0.2, 0.25) is 0 Å². The molecule has 150 valence electrons. The van der Waals surface area contributed by atoms with E-state index in [-0.39, 0.29) is 11.9 Å². The van der Waals surface area contributed by atoms with Crippen LogP contribution in [0, 0.1) is 6.92 Å². The lowest BCUT2D eigenvalue weighted by molar-refractivity contribution is 0.0616. The van der Waals surface area contributed by atoms with Crippen molar-refractivity contribution < 1.29 is 14.0 Å². The zero-order chi connectivity index (χ0) is 20.4. The van der Waals surface area contributed by atoms with E-state index in [0.717, 1.165) is 11.3 Å². The minimum atomic E-state index is -0.162. The molecule has 0 atom stereocenters. The molecule has 0 aliphatic carbocycles. The van der Waals surface area contributed by atoms with E-state index in [1.807, 2.05) is 49.4 Å². The van der Waals surface area contributed by atoms with E-state index in [2.05, 4.69) is 4.98 Å². The third kappa shape index (κ3) is 4.08. The van der Waals surface area contributed by atoms with Crippen molar-refractivity contribution in [1.82, 2.24) is 19.7 Å². The number of carbonyl (C=O) groups is 2. The minimum Gasteiger partial charge on any atom is -0.449 e. The molecule has 0 saturated carbocycles. The van der Waals surface area contributed by atoms with Crippen molar-refractivity contribution in [1.29, 1.82) is 0 Å². The summed E-state index contributed by atoms with van der Waals surface area (Å²) in [5.74, 6) is 0.129. The Morgan fingerprint density at radius 1 is 1.03 bits per heavy atom. The average Bonchev–Trinajstić information content (AvgIpc) is 3.16. The van der Waals surface area contributed by atoms with Gasteiger partial charge in [0.15, 0.2) is 11.3 Å². The van der Waals surface area contributed by atoms with E-state index in [1.165, 1.54) is 0 Å². The van der Waals surface area contributed by atoms with Gasteiger partial charge in [0.05, 0.1) is 0 Å². The number of nitrogens with zero attached hydrogens (tertiary/aromatic N) is 4. The zero-order valence-corrected chi connectivity index (χ0v) is 16.7. The highest BCUT2D eigenvalue weighted by molar-refractivity contribution is 5.95. The number of rotatable bonds is 3. The second-order valence-electron chi connectivity index (χ2n) is 7.35. The lowest BCUT2D eigenvalue weighted by Crippen LogP contribution is -2.53. The van der Waals surface area contributed by atoms with Gasteiger partial charge in [-0.1, -0.05) is 30.3 Å². The predicted molar refractivity (Wildman–Crippen MR) is 110 cm³/mol. The average molecular weight is 392 g/mol. The van der Waals surface area contributed by atoms with Gasteiger partial charge in [-0.15, -0.1) is 0 Å². The SMILES string of the molecule is Cc1ccc2oc(C(=O)N3CCN(C(=O)N(C)Cc4ccccc4)CC3)cc2n1. The number of hydrogen-bond donors (Lipinski definition) is 0. The van der Waals surface area contributed by atoms with Crippen LogP contribution < -0.4 is 0 Å². The Kier molecular flexibility index (Phi) is 5.20. The van der Waals surface area contributed by atoms with Crippen molar-refractivity contribution in [2.45, 2.75) is 13.5 Å². The Hall–Kier alpha value is -3.35. The van der Waals surface area contributed by atoms with Crippen LogP contribution in [0.5, 0.6) is 0 Å². The van der Waals surface area contributed by atoms with E-state index in [9.17, 15) is 9.59 Å². The van der Waals surface area contributed by atoms with Crippen molar-refractivity contribution in [3.05, 3.63) is 65.5 Å². The molecule has 3 amide bonds. The molecule has 3 heterocycles. The van der Waals surface area contributed by atoms with E-state index < -0.39 is 0 Å². The van der Waals surface area contributed by atoms with E-state index in [1.54, 1.807) is 27.8 Å². The number of furan rings is 1. The Balaban J connectivity index is 1.35. The molecule has 1 aliphatic rings. The number of pyridine rings is 1. The van der Waals surface area contributed by atoms with Crippen LogP contribution in [-0.4, -0.2) is 64.8 Å². The molecule has 7 nitrogen and oxygen atoms in total. The number of carbonyl (C=O) groups excluding carboxylic acids is 2. The largest absolute Gasteiger partial charge is 0.449 e. The first kappa shape index (κ1) is 19.0. The number of aromatic nitrogens is 1. The van der Waals surface area contributed by atoms with Crippen molar-refractivity contribution in [3.63, 3.8) is 0 Å². The zero-order valence-electron chi connectivity index (χ0n) is 16.7. The van der Waals surface area contributed by atoms with Crippen molar-refractivity contribution in [3.8, 4) is 0 Å². The van der Waals surface area contributed by atoms with Gasteiger partial charge < -0.3 is 19.1 Å². The molecule has 0 N–H and O–H groups in total. The molecule has 1 aromatic carbocycles. The van der Waals surface area contributed by atoms with Gasteiger partial charge in [0.1, 0.15) is 5.52 Å². The summed E-state index contributed by atoms with van der Waals surface area (Å²) in [6, 6.07) is 15.2. The summed E-state index contributed by atoms with van der Waals surface area (Å²) in [7, 11) is 1.80. The molecule has 4 rings (SSSR count). The van der Waals surface area contributed by atoms with E-state index >= 15 is 0 Å². The molecule has 3 aromatic rings. The molecule has 2 aromatic heterocycles. The number of aryl methyl sites for hydroxylation is 1. The number of fused-ring (bicyclic) bond motifs is 1.